The quantitative estimate of drug-likeness (QED) is 0.234. The molecule has 1 heterocycles. The standard InChI is InChI=1S/C34H33N3O4/c38-32(26-17-8-3-9-18-26)31(34(40)41)36-30(25-15-6-2-7-16-25)27-19-10-11-20-28(27)35-33(39)29-21-12-22-37(29)23-24-13-4-1-5-14-24/h1-11,13-20,29,31-32,38H,12,21-23H2,(H,35,39)(H,40,41)/t29-,31+,32+/m0/s1. The summed E-state index contributed by atoms with van der Waals surface area (Å²) < 4.78 is 0. The van der Waals surface area contributed by atoms with Gasteiger partial charge in [-0.1, -0.05) is 109 Å². The van der Waals surface area contributed by atoms with Gasteiger partial charge in [0.1, 0.15) is 6.10 Å². The normalized spacial score (nSPS) is 17.1. The van der Waals surface area contributed by atoms with Crippen LogP contribution in [0.15, 0.2) is 120 Å². The van der Waals surface area contributed by atoms with Gasteiger partial charge in [0.15, 0.2) is 6.04 Å². The Labute approximate surface area is 239 Å². The summed E-state index contributed by atoms with van der Waals surface area (Å²) in [5.74, 6) is -1.36. The van der Waals surface area contributed by atoms with Crippen LogP contribution in [-0.2, 0) is 16.1 Å². The number of benzene rings is 4. The van der Waals surface area contributed by atoms with Crippen molar-refractivity contribution in [1.29, 1.82) is 0 Å². The lowest BCUT2D eigenvalue weighted by atomic mass is 9.98. The molecule has 0 aliphatic carbocycles. The summed E-state index contributed by atoms with van der Waals surface area (Å²) in [6.07, 6.45) is 0.324. The summed E-state index contributed by atoms with van der Waals surface area (Å²) in [4.78, 5) is 32.8. The maximum atomic E-state index is 13.6. The Hall–Kier alpha value is -4.59. The molecule has 1 saturated heterocycles. The number of anilines is 1. The SMILES string of the molecule is O=C(O)[C@H](N=C(c1ccccc1)c1ccccc1NC(=O)[C@@H]1CCCN1Cc1ccccc1)[C@H](O)c1ccccc1. The van der Waals surface area contributed by atoms with E-state index in [0.29, 0.717) is 34.6 Å². The molecule has 208 valence electrons. The third kappa shape index (κ3) is 6.77. The van der Waals surface area contributed by atoms with Gasteiger partial charge in [0.05, 0.1) is 17.4 Å². The van der Waals surface area contributed by atoms with Gasteiger partial charge in [-0.15, -0.1) is 0 Å². The number of aliphatic hydroxyl groups is 1. The topological polar surface area (TPSA) is 102 Å². The zero-order chi connectivity index (χ0) is 28.6. The van der Waals surface area contributed by atoms with Crippen LogP contribution in [0, 0.1) is 0 Å². The first-order chi connectivity index (χ1) is 20.0. The maximum Gasteiger partial charge on any atom is 0.331 e. The molecule has 0 bridgehead atoms. The molecule has 0 spiro atoms. The Morgan fingerprint density at radius 1 is 0.854 bits per heavy atom. The first-order valence-corrected chi connectivity index (χ1v) is 13.8. The van der Waals surface area contributed by atoms with Crippen LogP contribution in [0.25, 0.3) is 0 Å². The predicted molar refractivity (Wildman–Crippen MR) is 160 cm³/mol. The molecule has 0 saturated carbocycles. The maximum absolute atomic E-state index is 13.6. The summed E-state index contributed by atoms with van der Waals surface area (Å²) in [5.41, 5.74) is 3.76. The highest BCUT2D eigenvalue weighted by Crippen LogP contribution is 2.27. The number of carbonyl (C=O) groups excluding carboxylic acids is 1. The second kappa shape index (κ2) is 13.2. The van der Waals surface area contributed by atoms with Gasteiger partial charge in [-0.2, -0.15) is 0 Å². The fourth-order valence-electron chi connectivity index (χ4n) is 5.27. The minimum Gasteiger partial charge on any atom is -0.480 e. The number of aliphatic hydroxyl groups excluding tert-OH is 1. The molecule has 0 radical (unpaired) electrons. The minimum atomic E-state index is -1.47. The molecule has 1 fully saturated rings. The molecule has 3 atom stereocenters. The van der Waals surface area contributed by atoms with Crippen LogP contribution >= 0.6 is 0 Å². The number of nitrogens with zero attached hydrogens (tertiary/aromatic N) is 2. The van der Waals surface area contributed by atoms with E-state index in [-0.39, 0.29) is 11.9 Å². The van der Waals surface area contributed by atoms with E-state index in [1.165, 1.54) is 0 Å². The Bertz CT molecular complexity index is 1490. The van der Waals surface area contributed by atoms with E-state index in [1.807, 2.05) is 66.7 Å². The van der Waals surface area contributed by atoms with Crippen molar-refractivity contribution in [2.24, 2.45) is 4.99 Å². The van der Waals surface area contributed by atoms with Crippen molar-refractivity contribution in [3.05, 3.63) is 138 Å². The van der Waals surface area contributed by atoms with E-state index in [1.54, 1.807) is 36.4 Å². The highest BCUT2D eigenvalue weighted by atomic mass is 16.4. The van der Waals surface area contributed by atoms with Crippen LogP contribution in [0.1, 0.15) is 41.2 Å². The molecule has 1 amide bonds. The molecule has 0 unspecified atom stereocenters. The number of carboxylic acids is 1. The molecular formula is C34H33N3O4. The van der Waals surface area contributed by atoms with Crippen molar-refractivity contribution in [2.45, 2.75) is 37.6 Å². The number of nitrogens with one attached hydrogen (secondary N) is 1. The third-order valence-corrected chi connectivity index (χ3v) is 7.34. The number of rotatable bonds is 10. The largest absolute Gasteiger partial charge is 0.480 e. The van der Waals surface area contributed by atoms with Crippen molar-refractivity contribution < 1.29 is 19.8 Å². The van der Waals surface area contributed by atoms with Crippen molar-refractivity contribution in [3.8, 4) is 0 Å². The Balaban J connectivity index is 1.48. The minimum absolute atomic E-state index is 0.114. The lowest BCUT2D eigenvalue weighted by Crippen LogP contribution is -2.39. The highest BCUT2D eigenvalue weighted by Gasteiger charge is 2.32. The molecule has 4 aromatic carbocycles. The van der Waals surface area contributed by atoms with E-state index >= 15 is 0 Å². The van der Waals surface area contributed by atoms with E-state index in [0.717, 1.165) is 24.9 Å². The van der Waals surface area contributed by atoms with Crippen LogP contribution in [0.2, 0.25) is 0 Å². The number of likely N-dealkylation sites (tertiary alicyclic amines) is 1. The van der Waals surface area contributed by atoms with Crippen LogP contribution in [0.5, 0.6) is 0 Å². The van der Waals surface area contributed by atoms with Gasteiger partial charge in [-0.05, 0) is 36.6 Å². The molecule has 1 aliphatic rings. The number of carbonyl (C=O) groups is 2. The van der Waals surface area contributed by atoms with Crippen molar-refractivity contribution in [2.75, 3.05) is 11.9 Å². The Kier molecular flexibility index (Phi) is 8.98. The van der Waals surface area contributed by atoms with Crippen molar-refractivity contribution in [3.63, 3.8) is 0 Å². The summed E-state index contributed by atoms with van der Waals surface area (Å²) >= 11 is 0. The first kappa shape index (κ1) is 28.0. The van der Waals surface area contributed by atoms with Crippen LogP contribution in [-0.4, -0.2) is 51.3 Å². The molecule has 3 N–H and O–H groups in total. The van der Waals surface area contributed by atoms with E-state index in [4.69, 9.17) is 0 Å². The fourth-order valence-corrected chi connectivity index (χ4v) is 5.27. The van der Waals surface area contributed by atoms with E-state index in [9.17, 15) is 19.8 Å². The highest BCUT2D eigenvalue weighted by molar-refractivity contribution is 6.17. The van der Waals surface area contributed by atoms with Crippen molar-refractivity contribution >= 4 is 23.3 Å². The molecule has 1 aliphatic heterocycles. The van der Waals surface area contributed by atoms with Gasteiger partial charge in [-0.25, -0.2) is 4.79 Å². The summed E-state index contributed by atoms with van der Waals surface area (Å²) in [6, 6.07) is 33.5. The number of hydrogen-bond acceptors (Lipinski definition) is 5. The van der Waals surface area contributed by atoms with Gasteiger partial charge in [-0.3, -0.25) is 14.7 Å². The predicted octanol–water partition coefficient (Wildman–Crippen LogP) is 5.31. The number of hydrogen-bond donors (Lipinski definition) is 3. The number of carboxylic acid groups (broad SMARTS) is 1. The van der Waals surface area contributed by atoms with E-state index < -0.39 is 18.1 Å². The molecule has 5 rings (SSSR count). The van der Waals surface area contributed by atoms with Gasteiger partial charge in [0.2, 0.25) is 5.91 Å². The summed E-state index contributed by atoms with van der Waals surface area (Å²) in [5, 5.41) is 24.3. The zero-order valence-electron chi connectivity index (χ0n) is 22.6. The van der Waals surface area contributed by atoms with Crippen LogP contribution in [0.4, 0.5) is 5.69 Å². The molecule has 0 aromatic heterocycles. The molecular weight excluding hydrogens is 514 g/mol. The number of amides is 1. The number of para-hydroxylation sites is 1. The molecule has 7 heteroatoms. The zero-order valence-corrected chi connectivity index (χ0v) is 22.6. The first-order valence-electron chi connectivity index (χ1n) is 13.8. The number of aliphatic carboxylic acids is 1. The van der Waals surface area contributed by atoms with Crippen LogP contribution in [0.3, 0.4) is 0 Å². The molecule has 41 heavy (non-hydrogen) atoms. The van der Waals surface area contributed by atoms with Crippen LogP contribution < -0.4 is 5.32 Å². The Morgan fingerprint density at radius 2 is 1.46 bits per heavy atom. The number of aliphatic imine (C=N–C) groups is 1. The monoisotopic (exact) mass is 547 g/mol. The Morgan fingerprint density at radius 3 is 2.15 bits per heavy atom. The molecule has 4 aromatic rings. The van der Waals surface area contributed by atoms with E-state index in [2.05, 4.69) is 27.3 Å². The average Bonchev–Trinajstić information content (AvgIpc) is 3.47. The summed E-state index contributed by atoms with van der Waals surface area (Å²) in [6.45, 7) is 1.53. The lowest BCUT2D eigenvalue weighted by Gasteiger charge is -2.24. The smallest absolute Gasteiger partial charge is 0.331 e. The summed E-state index contributed by atoms with van der Waals surface area (Å²) in [7, 11) is 0. The lowest BCUT2D eigenvalue weighted by molar-refractivity contribution is -0.141. The third-order valence-electron chi connectivity index (χ3n) is 7.34. The average molecular weight is 548 g/mol. The van der Waals surface area contributed by atoms with Gasteiger partial charge in [0.25, 0.3) is 0 Å². The second-order valence-corrected chi connectivity index (χ2v) is 10.1. The van der Waals surface area contributed by atoms with Gasteiger partial charge < -0.3 is 15.5 Å². The van der Waals surface area contributed by atoms with Crippen molar-refractivity contribution in [1.82, 2.24) is 4.90 Å². The van der Waals surface area contributed by atoms with Gasteiger partial charge in [0, 0.05) is 17.7 Å². The van der Waals surface area contributed by atoms with Gasteiger partial charge >= 0.3 is 5.97 Å². The second-order valence-electron chi connectivity index (χ2n) is 10.1. The fraction of sp³-hybridized carbons (Fsp3) is 0.206. The molecule has 7 nitrogen and oxygen atoms in total.